The van der Waals surface area contributed by atoms with Crippen molar-refractivity contribution in [3.63, 3.8) is 0 Å². The molecule has 0 aliphatic carbocycles. The van der Waals surface area contributed by atoms with Gasteiger partial charge in [-0.3, -0.25) is 9.59 Å². The zero-order valence-corrected chi connectivity index (χ0v) is 17.8. The first-order chi connectivity index (χ1) is 13.2. The minimum Gasteiger partial charge on any atom is -0.464 e. The number of carbonyl (C=O) groups excluding carboxylic acids is 2. The van der Waals surface area contributed by atoms with Gasteiger partial charge >= 0.3 is 0 Å². The Balaban J connectivity index is 2.04. The summed E-state index contributed by atoms with van der Waals surface area (Å²) in [6, 6.07) is 6.43. The molecule has 3 rings (SSSR count). The fraction of sp³-hybridized carbons (Fsp3) is 0.368. The van der Waals surface area contributed by atoms with Gasteiger partial charge in [0, 0.05) is 15.8 Å². The van der Waals surface area contributed by atoms with E-state index in [1.165, 1.54) is 16.2 Å². The second-order valence-corrected chi connectivity index (χ2v) is 9.03. The Hall–Kier alpha value is -2.52. The molecule has 0 fully saturated rings. The normalized spacial score (nSPS) is 12.6. The second-order valence-electron chi connectivity index (χ2n) is 7.39. The van der Waals surface area contributed by atoms with Crippen LogP contribution in [0, 0.1) is 6.92 Å². The number of furan rings is 1. The smallest absolute Gasteiger partial charge is 0.276 e. The standard InChI is InChI=1S/C19H22N4O3S2/c1-12-7-8-15(26-12)16(17(24)20-19(2,3)4)23(10-13-6-5-9-27-13)18(25)14-11-28-22-21-14/h5-9,11,16H,10H2,1-4H3,(H,20,24)/t16-/m1/s1. The van der Waals surface area contributed by atoms with E-state index in [2.05, 4.69) is 14.9 Å². The first-order valence-corrected chi connectivity index (χ1v) is 10.4. The molecule has 0 aliphatic rings. The zero-order valence-electron chi connectivity index (χ0n) is 16.1. The van der Waals surface area contributed by atoms with Crippen molar-refractivity contribution < 1.29 is 14.0 Å². The molecule has 3 aromatic heterocycles. The van der Waals surface area contributed by atoms with Crippen LogP contribution in [0.3, 0.4) is 0 Å². The van der Waals surface area contributed by atoms with Gasteiger partial charge in [0.2, 0.25) is 0 Å². The van der Waals surface area contributed by atoms with Gasteiger partial charge in [0.25, 0.3) is 11.8 Å². The topological polar surface area (TPSA) is 88.3 Å². The van der Waals surface area contributed by atoms with E-state index in [1.807, 2.05) is 38.3 Å². The number of nitrogens with zero attached hydrogens (tertiary/aromatic N) is 3. The second kappa shape index (κ2) is 8.24. The summed E-state index contributed by atoms with van der Waals surface area (Å²) in [5.74, 6) is 0.398. The van der Waals surface area contributed by atoms with E-state index in [9.17, 15) is 9.59 Å². The molecule has 2 amide bonds. The van der Waals surface area contributed by atoms with Crippen molar-refractivity contribution in [2.24, 2.45) is 0 Å². The Morgan fingerprint density at radius 1 is 1.29 bits per heavy atom. The van der Waals surface area contributed by atoms with E-state index in [4.69, 9.17) is 4.42 Å². The predicted octanol–water partition coefficient (Wildman–Crippen LogP) is 3.80. The monoisotopic (exact) mass is 418 g/mol. The molecule has 7 nitrogen and oxygen atoms in total. The minimum atomic E-state index is -0.927. The van der Waals surface area contributed by atoms with Gasteiger partial charge in [-0.05, 0) is 62.8 Å². The molecule has 1 atom stereocenters. The number of nitrogens with one attached hydrogen (secondary N) is 1. The number of amides is 2. The average Bonchev–Trinajstić information content (AvgIpc) is 3.35. The Bertz CT molecular complexity index is 927. The van der Waals surface area contributed by atoms with E-state index in [-0.39, 0.29) is 24.1 Å². The van der Waals surface area contributed by atoms with Gasteiger partial charge in [0.15, 0.2) is 11.7 Å². The van der Waals surface area contributed by atoms with Crippen molar-refractivity contribution in [3.05, 3.63) is 57.1 Å². The SMILES string of the molecule is Cc1ccc([C@H](C(=O)NC(C)(C)C)N(Cc2cccs2)C(=O)c2csnn2)o1. The van der Waals surface area contributed by atoms with E-state index in [1.54, 1.807) is 24.4 Å². The summed E-state index contributed by atoms with van der Waals surface area (Å²) < 4.78 is 9.55. The first kappa shape index (κ1) is 20.2. The highest BCUT2D eigenvalue weighted by Crippen LogP contribution is 2.28. The number of aromatic nitrogens is 2. The molecule has 3 aromatic rings. The van der Waals surface area contributed by atoms with Crippen LogP contribution in [-0.4, -0.2) is 31.8 Å². The number of rotatable bonds is 6. The molecule has 0 spiro atoms. The van der Waals surface area contributed by atoms with E-state index in [0.717, 1.165) is 16.4 Å². The maximum Gasteiger partial charge on any atom is 0.276 e. The predicted molar refractivity (Wildman–Crippen MR) is 108 cm³/mol. The van der Waals surface area contributed by atoms with Crippen LogP contribution in [0.1, 0.15) is 53.7 Å². The Morgan fingerprint density at radius 2 is 2.07 bits per heavy atom. The molecule has 0 aromatic carbocycles. The molecule has 9 heteroatoms. The maximum atomic E-state index is 13.2. The molecule has 28 heavy (non-hydrogen) atoms. The van der Waals surface area contributed by atoms with E-state index >= 15 is 0 Å². The molecular weight excluding hydrogens is 396 g/mol. The third-order valence-corrected chi connectivity index (χ3v) is 5.20. The molecule has 0 unspecified atom stereocenters. The van der Waals surface area contributed by atoms with Gasteiger partial charge in [-0.1, -0.05) is 10.6 Å². The highest BCUT2D eigenvalue weighted by atomic mass is 32.1. The van der Waals surface area contributed by atoms with Gasteiger partial charge in [-0.15, -0.1) is 16.4 Å². The molecule has 0 radical (unpaired) electrons. The fourth-order valence-electron chi connectivity index (χ4n) is 2.72. The summed E-state index contributed by atoms with van der Waals surface area (Å²) in [4.78, 5) is 28.9. The van der Waals surface area contributed by atoms with Gasteiger partial charge in [-0.25, -0.2) is 0 Å². The Kier molecular flexibility index (Phi) is 5.95. The molecule has 1 N–H and O–H groups in total. The molecular formula is C19H22N4O3S2. The van der Waals surface area contributed by atoms with Gasteiger partial charge in [0.1, 0.15) is 11.5 Å². The number of carbonyl (C=O) groups is 2. The van der Waals surface area contributed by atoms with Crippen LogP contribution in [-0.2, 0) is 11.3 Å². The highest BCUT2D eigenvalue weighted by molar-refractivity contribution is 7.09. The lowest BCUT2D eigenvalue weighted by atomic mass is 10.1. The van der Waals surface area contributed by atoms with E-state index < -0.39 is 11.6 Å². The molecule has 0 saturated carbocycles. The van der Waals surface area contributed by atoms with Gasteiger partial charge in [-0.2, -0.15) is 0 Å². The minimum absolute atomic E-state index is 0.207. The molecule has 148 valence electrons. The number of hydrogen-bond acceptors (Lipinski definition) is 7. The van der Waals surface area contributed by atoms with Crippen LogP contribution in [0.5, 0.6) is 0 Å². The van der Waals surface area contributed by atoms with Crippen LogP contribution in [0.4, 0.5) is 0 Å². The summed E-state index contributed by atoms with van der Waals surface area (Å²) in [6.45, 7) is 7.75. The molecule has 0 saturated heterocycles. The van der Waals surface area contributed by atoms with Crippen molar-refractivity contribution in [2.45, 2.75) is 45.8 Å². The van der Waals surface area contributed by atoms with Crippen LogP contribution in [0.2, 0.25) is 0 Å². The fourth-order valence-corrected chi connectivity index (χ4v) is 3.85. The molecule has 3 heterocycles. The van der Waals surface area contributed by atoms with Gasteiger partial charge in [0.05, 0.1) is 6.54 Å². The lowest BCUT2D eigenvalue weighted by Gasteiger charge is -2.31. The van der Waals surface area contributed by atoms with Crippen molar-refractivity contribution in [2.75, 3.05) is 0 Å². The lowest BCUT2D eigenvalue weighted by Crippen LogP contribution is -2.49. The number of thiophene rings is 1. The highest BCUT2D eigenvalue weighted by Gasteiger charge is 2.36. The Morgan fingerprint density at radius 3 is 2.61 bits per heavy atom. The Labute approximate surface area is 171 Å². The van der Waals surface area contributed by atoms with Crippen molar-refractivity contribution in [1.29, 1.82) is 0 Å². The van der Waals surface area contributed by atoms with Crippen LogP contribution >= 0.6 is 22.9 Å². The first-order valence-electron chi connectivity index (χ1n) is 8.73. The molecule has 0 bridgehead atoms. The lowest BCUT2D eigenvalue weighted by molar-refractivity contribution is -0.128. The third-order valence-electron chi connectivity index (χ3n) is 3.84. The maximum absolute atomic E-state index is 13.2. The van der Waals surface area contributed by atoms with E-state index in [0.29, 0.717) is 11.5 Å². The van der Waals surface area contributed by atoms with Crippen LogP contribution < -0.4 is 5.32 Å². The van der Waals surface area contributed by atoms with Crippen LogP contribution in [0.15, 0.2) is 39.4 Å². The zero-order chi connectivity index (χ0) is 20.3. The summed E-state index contributed by atoms with van der Waals surface area (Å²) >= 11 is 2.61. The third kappa shape index (κ3) is 4.85. The number of aryl methyl sites for hydroxylation is 1. The summed E-state index contributed by atoms with van der Waals surface area (Å²) in [6.07, 6.45) is 0. The van der Waals surface area contributed by atoms with Crippen molar-refractivity contribution in [1.82, 2.24) is 19.8 Å². The van der Waals surface area contributed by atoms with Crippen molar-refractivity contribution in [3.8, 4) is 0 Å². The summed E-state index contributed by atoms with van der Waals surface area (Å²) in [5, 5.41) is 10.4. The summed E-state index contributed by atoms with van der Waals surface area (Å²) in [7, 11) is 0. The average molecular weight is 419 g/mol. The van der Waals surface area contributed by atoms with Crippen molar-refractivity contribution >= 4 is 34.7 Å². The van der Waals surface area contributed by atoms with Crippen LogP contribution in [0.25, 0.3) is 0 Å². The van der Waals surface area contributed by atoms with Gasteiger partial charge < -0.3 is 14.6 Å². The number of hydrogen-bond donors (Lipinski definition) is 1. The quantitative estimate of drug-likeness (QED) is 0.658. The molecule has 0 aliphatic heterocycles. The largest absolute Gasteiger partial charge is 0.464 e. The summed E-state index contributed by atoms with van der Waals surface area (Å²) in [5.41, 5.74) is -0.255.